The highest BCUT2D eigenvalue weighted by atomic mass is 32.2. The van der Waals surface area contributed by atoms with Crippen LogP contribution in [0.5, 0.6) is 0 Å². The van der Waals surface area contributed by atoms with Crippen LogP contribution in [-0.4, -0.2) is 11.5 Å². The summed E-state index contributed by atoms with van der Waals surface area (Å²) < 4.78 is 5.87. The first kappa shape index (κ1) is 9.10. The summed E-state index contributed by atoms with van der Waals surface area (Å²) >= 11 is 1.73. The standard InChI is InChI=1S/C11H14OS/c1-2-6-10(7-3-1)12-11-8-4-5-9-13-11/h2,4-6,8-11H,1,3,7H2. The van der Waals surface area contributed by atoms with Crippen molar-refractivity contribution in [2.75, 3.05) is 0 Å². The van der Waals surface area contributed by atoms with Gasteiger partial charge in [-0.05, 0) is 30.7 Å². The van der Waals surface area contributed by atoms with E-state index in [-0.39, 0.29) is 5.44 Å². The highest BCUT2D eigenvalue weighted by molar-refractivity contribution is 8.02. The number of thioether (sulfide) groups is 1. The van der Waals surface area contributed by atoms with Crippen LogP contribution in [0.25, 0.3) is 0 Å². The van der Waals surface area contributed by atoms with E-state index in [4.69, 9.17) is 4.74 Å². The Morgan fingerprint density at radius 2 is 2.23 bits per heavy atom. The number of hydrogen-bond donors (Lipinski definition) is 0. The molecule has 0 radical (unpaired) electrons. The minimum absolute atomic E-state index is 0.220. The second kappa shape index (κ2) is 4.68. The molecule has 0 aromatic rings. The van der Waals surface area contributed by atoms with Crippen molar-refractivity contribution in [3.8, 4) is 0 Å². The Kier molecular flexibility index (Phi) is 3.27. The molecule has 1 nitrogen and oxygen atoms in total. The molecular weight excluding hydrogens is 180 g/mol. The van der Waals surface area contributed by atoms with Crippen molar-refractivity contribution in [3.63, 3.8) is 0 Å². The van der Waals surface area contributed by atoms with E-state index in [1.807, 2.05) is 12.2 Å². The van der Waals surface area contributed by atoms with Crippen molar-refractivity contribution in [1.29, 1.82) is 0 Å². The first-order chi connectivity index (χ1) is 6.45. The van der Waals surface area contributed by atoms with Gasteiger partial charge in [0.15, 0.2) is 0 Å². The Morgan fingerprint density at radius 3 is 2.92 bits per heavy atom. The van der Waals surface area contributed by atoms with Crippen LogP contribution in [0, 0.1) is 0 Å². The molecule has 0 saturated heterocycles. The fraction of sp³-hybridized carbons (Fsp3) is 0.455. The number of hydrogen-bond acceptors (Lipinski definition) is 2. The van der Waals surface area contributed by atoms with E-state index in [1.54, 1.807) is 11.8 Å². The maximum Gasteiger partial charge on any atom is 0.126 e. The van der Waals surface area contributed by atoms with Gasteiger partial charge in [0, 0.05) is 0 Å². The lowest BCUT2D eigenvalue weighted by atomic mass is 10.1. The molecule has 2 heteroatoms. The van der Waals surface area contributed by atoms with Gasteiger partial charge < -0.3 is 4.74 Å². The maximum atomic E-state index is 5.87. The zero-order chi connectivity index (χ0) is 8.93. The fourth-order valence-electron chi connectivity index (χ4n) is 1.51. The molecule has 0 N–H and O–H groups in total. The van der Waals surface area contributed by atoms with E-state index < -0.39 is 0 Å². The van der Waals surface area contributed by atoms with E-state index in [2.05, 4.69) is 23.6 Å². The first-order valence-electron chi connectivity index (χ1n) is 4.76. The van der Waals surface area contributed by atoms with Crippen LogP contribution in [0.15, 0.2) is 35.8 Å². The summed E-state index contributed by atoms with van der Waals surface area (Å²) in [5, 5.41) is 2.08. The van der Waals surface area contributed by atoms with Crippen molar-refractivity contribution < 1.29 is 4.74 Å². The number of rotatable bonds is 2. The highest BCUT2D eigenvalue weighted by Crippen LogP contribution is 2.24. The molecule has 0 bridgehead atoms. The molecule has 2 atom stereocenters. The van der Waals surface area contributed by atoms with Gasteiger partial charge in [0.05, 0.1) is 6.10 Å². The third kappa shape index (κ3) is 2.75. The Hall–Kier alpha value is -0.470. The molecule has 0 saturated carbocycles. The van der Waals surface area contributed by atoms with Crippen molar-refractivity contribution in [2.24, 2.45) is 0 Å². The third-order valence-electron chi connectivity index (χ3n) is 2.19. The Bertz CT molecular complexity index is 242. The molecule has 2 unspecified atom stereocenters. The van der Waals surface area contributed by atoms with Crippen molar-refractivity contribution >= 4 is 11.8 Å². The van der Waals surface area contributed by atoms with Gasteiger partial charge in [-0.15, -0.1) is 0 Å². The van der Waals surface area contributed by atoms with Crippen molar-refractivity contribution in [2.45, 2.75) is 30.8 Å². The highest BCUT2D eigenvalue weighted by Gasteiger charge is 2.14. The van der Waals surface area contributed by atoms with E-state index in [0.717, 1.165) is 0 Å². The van der Waals surface area contributed by atoms with Gasteiger partial charge in [-0.3, -0.25) is 0 Å². The van der Waals surface area contributed by atoms with Crippen LogP contribution in [0.3, 0.4) is 0 Å². The summed E-state index contributed by atoms with van der Waals surface area (Å²) in [5.74, 6) is 0. The smallest absolute Gasteiger partial charge is 0.126 e. The summed E-state index contributed by atoms with van der Waals surface area (Å²) in [6, 6.07) is 0. The molecule has 0 aromatic carbocycles. The lowest BCUT2D eigenvalue weighted by Gasteiger charge is -2.22. The molecule has 0 fully saturated rings. The molecular formula is C11H14OS. The van der Waals surface area contributed by atoms with Crippen LogP contribution in [0.4, 0.5) is 0 Å². The molecule has 1 heterocycles. The van der Waals surface area contributed by atoms with E-state index in [0.29, 0.717) is 6.10 Å². The summed E-state index contributed by atoms with van der Waals surface area (Å²) in [4.78, 5) is 0. The second-order valence-electron chi connectivity index (χ2n) is 3.25. The lowest BCUT2D eigenvalue weighted by molar-refractivity contribution is 0.0794. The van der Waals surface area contributed by atoms with Crippen molar-refractivity contribution in [1.82, 2.24) is 0 Å². The van der Waals surface area contributed by atoms with Crippen LogP contribution in [0.2, 0.25) is 0 Å². The Morgan fingerprint density at radius 1 is 1.23 bits per heavy atom. The van der Waals surface area contributed by atoms with Gasteiger partial charge in [-0.1, -0.05) is 36.1 Å². The zero-order valence-electron chi connectivity index (χ0n) is 7.56. The predicted molar refractivity (Wildman–Crippen MR) is 57.5 cm³/mol. The van der Waals surface area contributed by atoms with Gasteiger partial charge in [-0.25, -0.2) is 0 Å². The fourth-order valence-corrected chi connectivity index (χ4v) is 2.24. The number of allylic oxidation sites excluding steroid dienone is 3. The maximum absolute atomic E-state index is 5.87. The molecule has 0 aromatic heterocycles. The molecule has 0 amide bonds. The van der Waals surface area contributed by atoms with Gasteiger partial charge in [0.25, 0.3) is 0 Å². The average molecular weight is 194 g/mol. The molecule has 1 aliphatic heterocycles. The first-order valence-corrected chi connectivity index (χ1v) is 5.70. The van der Waals surface area contributed by atoms with Crippen molar-refractivity contribution in [3.05, 3.63) is 35.8 Å². The lowest BCUT2D eigenvalue weighted by Crippen LogP contribution is -2.18. The average Bonchev–Trinajstić information content (AvgIpc) is 2.21. The largest absolute Gasteiger partial charge is 0.356 e. The Balaban J connectivity index is 1.83. The summed E-state index contributed by atoms with van der Waals surface area (Å²) in [7, 11) is 0. The third-order valence-corrected chi connectivity index (χ3v) is 3.04. The Labute approximate surface area is 83.5 Å². The van der Waals surface area contributed by atoms with Crippen LogP contribution < -0.4 is 0 Å². The minimum atomic E-state index is 0.220. The van der Waals surface area contributed by atoms with Gasteiger partial charge >= 0.3 is 0 Å². The molecule has 2 aliphatic rings. The second-order valence-corrected chi connectivity index (χ2v) is 4.26. The van der Waals surface area contributed by atoms with Gasteiger partial charge in [0.1, 0.15) is 5.44 Å². The normalized spacial score (nSPS) is 32.3. The van der Waals surface area contributed by atoms with E-state index in [1.165, 1.54) is 19.3 Å². The van der Waals surface area contributed by atoms with Crippen LogP contribution in [0.1, 0.15) is 19.3 Å². The SMILES string of the molecule is C1=CSC(OC2C=CCCC2)C=C1. The minimum Gasteiger partial charge on any atom is -0.356 e. The molecule has 1 aliphatic carbocycles. The topological polar surface area (TPSA) is 9.23 Å². The van der Waals surface area contributed by atoms with Crippen LogP contribution in [-0.2, 0) is 4.74 Å². The van der Waals surface area contributed by atoms with Gasteiger partial charge in [0.2, 0.25) is 0 Å². The monoisotopic (exact) mass is 194 g/mol. The predicted octanol–water partition coefficient (Wildman–Crippen LogP) is 3.25. The summed E-state index contributed by atoms with van der Waals surface area (Å²) in [6.07, 6.45) is 14.6. The molecule has 0 spiro atoms. The van der Waals surface area contributed by atoms with Crippen LogP contribution >= 0.6 is 11.8 Å². The van der Waals surface area contributed by atoms with E-state index in [9.17, 15) is 0 Å². The number of ether oxygens (including phenoxy) is 1. The molecule has 2 rings (SSSR count). The zero-order valence-corrected chi connectivity index (χ0v) is 8.37. The molecule has 70 valence electrons. The van der Waals surface area contributed by atoms with Gasteiger partial charge in [-0.2, -0.15) is 0 Å². The summed E-state index contributed by atoms with van der Waals surface area (Å²) in [6.45, 7) is 0. The molecule has 13 heavy (non-hydrogen) atoms. The van der Waals surface area contributed by atoms with E-state index >= 15 is 0 Å². The summed E-state index contributed by atoms with van der Waals surface area (Å²) in [5.41, 5.74) is 0.220. The quantitative estimate of drug-likeness (QED) is 0.624.